The van der Waals surface area contributed by atoms with Crippen LogP contribution in [0.3, 0.4) is 0 Å². The van der Waals surface area contributed by atoms with Crippen molar-refractivity contribution >= 4 is 33.9 Å². The van der Waals surface area contributed by atoms with Gasteiger partial charge in [-0.05, 0) is 13.8 Å². The molecule has 0 amide bonds. The third kappa shape index (κ3) is 5.26. The van der Waals surface area contributed by atoms with E-state index in [9.17, 15) is 4.39 Å². The van der Waals surface area contributed by atoms with E-state index < -0.39 is 0 Å². The first-order valence-corrected chi connectivity index (χ1v) is 5.41. The first-order chi connectivity index (χ1) is 6.13. The van der Waals surface area contributed by atoms with Gasteiger partial charge in [0.1, 0.15) is 5.83 Å². The Morgan fingerprint density at radius 2 is 2.38 bits per heavy atom. The molecule has 1 atom stereocenters. The van der Waals surface area contributed by atoms with Gasteiger partial charge >= 0.3 is 0 Å². The predicted octanol–water partition coefficient (Wildman–Crippen LogP) is 2.83. The van der Waals surface area contributed by atoms with Crippen LogP contribution in [-0.2, 0) is 0 Å². The van der Waals surface area contributed by atoms with Gasteiger partial charge in [0.15, 0.2) is 0 Å². The van der Waals surface area contributed by atoms with Gasteiger partial charge in [-0.2, -0.15) is 0 Å². The van der Waals surface area contributed by atoms with Crippen molar-refractivity contribution < 1.29 is 4.39 Å². The van der Waals surface area contributed by atoms with Crippen molar-refractivity contribution in [2.24, 2.45) is 4.99 Å². The number of nitrogens with zero attached hydrogens (tertiary/aromatic N) is 1. The van der Waals surface area contributed by atoms with E-state index in [0.717, 1.165) is 0 Å². The zero-order valence-electron chi connectivity index (χ0n) is 7.65. The summed E-state index contributed by atoms with van der Waals surface area (Å²) < 4.78 is 13.1. The molecule has 2 nitrogen and oxygen atoms in total. The zero-order chi connectivity index (χ0) is 10.3. The van der Waals surface area contributed by atoms with Gasteiger partial charge in [0.2, 0.25) is 0 Å². The fraction of sp³-hybridized carbons (Fsp3) is 0.625. The van der Waals surface area contributed by atoms with Crippen molar-refractivity contribution in [3.8, 4) is 0 Å². The van der Waals surface area contributed by atoms with Gasteiger partial charge in [-0.25, -0.2) is 4.39 Å². The summed E-state index contributed by atoms with van der Waals surface area (Å²) in [5.41, 5.74) is 0.423. The number of hydrogen-bond acceptors (Lipinski definition) is 1. The third-order valence-corrected chi connectivity index (χ3v) is 1.99. The summed E-state index contributed by atoms with van der Waals surface area (Å²) in [5, 5.41) is 2.75. The van der Waals surface area contributed by atoms with Gasteiger partial charge in [-0.15, -0.1) is 11.6 Å². The van der Waals surface area contributed by atoms with Crippen molar-refractivity contribution in [1.29, 1.82) is 0 Å². The molecule has 76 valence electrons. The van der Waals surface area contributed by atoms with Gasteiger partial charge < -0.3 is 5.32 Å². The van der Waals surface area contributed by atoms with Crippen LogP contribution in [0.1, 0.15) is 13.8 Å². The van der Waals surface area contributed by atoms with E-state index in [1.807, 2.05) is 13.8 Å². The molecule has 1 unspecified atom stereocenters. The van der Waals surface area contributed by atoms with E-state index >= 15 is 0 Å². The fourth-order valence-corrected chi connectivity index (χ4v) is 1.21. The minimum absolute atomic E-state index is 0.102. The van der Waals surface area contributed by atoms with Crippen LogP contribution in [0.2, 0.25) is 0 Å². The Bertz CT molecular complexity index is 204. The fourth-order valence-electron chi connectivity index (χ4n) is 0.687. The first kappa shape index (κ1) is 12.9. The third-order valence-electron chi connectivity index (χ3n) is 1.30. The lowest BCUT2D eigenvalue weighted by molar-refractivity contribution is 0.617. The molecule has 0 fully saturated rings. The van der Waals surface area contributed by atoms with Crippen LogP contribution in [0.15, 0.2) is 16.5 Å². The molecule has 0 aliphatic rings. The van der Waals surface area contributed by atoms with Crippen LogP contribution < -0.4 is 5.32 Å². The molecule has 0 saturated heterocycles. The quantitative estimate of drug-likeness (QED) is 0.464. The van der Waals surface area contributed by atoms with E-state index in [-0.39, 0.29) is 16.5 Å². The number of rotatable bonds is 5. The lowest BCUT2D eigenvalue weighted by Crippen LogP contribution is -2.19. The van der Waals surface area contributed by atoms with Gasteiger partial charge in [-0.1, -0.05) is 15.9 Å². The Balaban J connectivity index is 4.36. The summed E-state index contributed by atoms with van der Waals surface area (Å²) >= 11 is 8.62. The Kier molecular flexibility index (Phi) is 7.28. The summed E-state index contributed by atoms with van der Waals surface area (Å²) in [6.45, 7) is 4.38. The first-order valence-electron chi connectivity index (χ1n) is 3.96. The molecule has 5 heteroatoms. The molecule has 0 aromatic carbocycles. The minimum atomic E-state index is -0.367. The van der Waals surface area contributed by atoms with Crippen LogP contribution in [0, 0.1) is 0 Å². The highest BCUT2D eigenvalue weighted by Gasteiger charge is 2.09. The normalized spacial score (nSPS) is 15.8. The molecule has 0 aromatic rings. The van der Waals surface area contributed by atoms with Crippen molar-refractivity contribution in [2.45, 2.75) is 18.7 Å². The Morgan fingerprint density at radius 3 is 2.77 bits per heavy atom. The molecule has 13 heavy (non-hydrogen) atoms. The maximum Gasteiger partial charge on any atom is 0.135 e. The van der Waals surface area contributed by atoms with Crippen LogP contribution in [0.4, 0.5) is 4.39 Å². The molecule has 0 aliphatic heterocycles. The molecule has 0 saturated carbocycles. The molecule has 0 spiro atoms. The number of alkyl halides is 2. The summed E-state index contributed by atoms with van der Waals surface area (Å²) in [6, 6.07) is 0. The van der Waals surface area contributed by atoms with E-state index in [1.54, 1.807) is 0 Å². The number of nitrogens with one attached hydrogen (secondary N) is 1. The van der Waals surface area contributed by atoms with E-state index in [2.05, 4.69) is 26.2 Å². The molecule has 0 heterocycles. The lowest BCUT2D eigenvalue weighted by Gasteiger charge is -2.09. The smallest absolute Gasteiger partial charge is 0.135 e. The summed E-state index contributed by atoms with van der Waals surface area (Å²) in [7, 11) is 0. The van der Waals surface area contributed by atoms with Crippen molar-refractivity contribution in [3.05, 3.63) is 11.5 Å². The van der Waals surface area contributed by atoms with Gasteiger partial charge in [-0.3, -0.25) is 4.99 Å². The maximum absolute atomic E-state index is 13.1. The van der Waals surface area contributed by atoms with Crippen LogP contribution in [-0.4, -0.2) is 23.6 Å². The summed E-state index contributed by atoms with van der Waals surface area (Å²) in [4.78, 5) is 3.81. The SMILES string of the molecule is CCN=CN/C(=C(/F)CCl)C(C)Br. The number of aliphatic imine (C=N–C) groups is 1. The van der Waals surface area contributed by atoms with Crippen LogP contribution >= 0.6 is 27.5 Å². The van der Waals surface area contributed by atoms with Gasteiger partial charge in [0, 0.05) is 6.54 Å². The van der Waals surface area contributed by atoms with E-state index in [0.29, 0.717) is 12.2 Å². The number of halogens is 3. The largest absolute Gasteiger partial charge is 0.347 e. The lowest BCUT2D eigenvalue weighted by atomic mass is 10.3. The zero-order valence-corrected chi connectivity index (χ0v) is 9.99. The second-order valence-corrected chi connectivity index (χ2v) is 3.98. The monoisotopic (exact) mass is 270 g/mol. The van der Waals surface area contributed by atoms with E-state index in [1.165, 1.54) is 6.34 Å². The highest BCUT2D eigenvalue weighted by Crippen LogP contribution is 2.15. The Labute approximate surface area is 91.4 Å². The Hall–Kier alpha value is -0.0900. The van der Waals surface area contributed by atoms with Crippen molar-refractivity contribution in [2.75, 3.05) is 12.4 Å². The summed E-state index contributed by atoms with van der Waals surface area (Å²) in [5.74, 6) is -0.494. The molecule has 0 bridgehead atoms. The minimum Gasteiger partial charge on any atom is -0.347 e. The topological polar surface area (TPSA) is 24.4 Å². The molecule has 0 rings (SSSR count). The van der Waals surface area contributed by atoms with Crippen molar-refractivity contribution in [3.63, 3.8) is 0 Å². The molecular formula is C8H13BrClFN2. The Morgan fingerprint density at radius 1 is 1.77 bits per heavy atom. The van der Waals surface area contributed by atoms with Crippen LogP contribution in [0.25, 0.3) is 0 Å². The van der Waals surface area contributed by atoms with Gasteiger partial charge in [0.25, 0.3) is 0 Å². The average Bonchev–Trinajstić information content (AvgIpc) is 2.11. The highest BCUT2D eigenvalue weighted by molar-refractivity contribution is 9.09. The molecule has 1 N–H and O–H groups in total. The molecule has 0 aliphatic carbocycles. The van der Waals surface area contributed by atoms with Crippen LogP contribution in [0.5, 0.6) is 0 Å². The molecule has 0 aromatic heterocycles. The average molecular weight is 272 g/mol. The second-order valence-electron chi connectivity index (χ2n) is 2.34. The highest BCUT2D eigenvalue weighted by atomic mass is 79.9. The second kappa shape index (κ2) is 7.33. The standard InChI is InChI=1S/C8H13BrClFN2/c1-3-12-5-13-8(6(2)9)7(11)4-10/h5-6H,3-4H2,1-2H3,(H,12,13)/b8-7+. The van der Waals surface area contributed by atoms with E-state index in [4.69, 9.17) is 11.6 Å². The molecule has 0 radical (unpaired) electrons. The summed E-state index contributed by atoms with van der Waals surface area (Å²) in [6.07, 6.45) is 1.47. The van der Waals surface area contributed by atoms with Gasteiger partial charge in [0.05, 0.1) is 22.7 Å². The molecular weight excluding hydrogens is 258 g/mol. The van der Waals surface area contributed by atoms with Crippen molar-refractivity contribution in [1.82, 2.24) is 5.32 Å². The number of allylic oxidation sites excluding steroid dienone is 2. The number of hydrogen-bond donors (Lipinski definition) is 1. The maximum atomic E-state index is 13.1. The predicted molar refractivity (Wildman–Crippen MR) is 59.4 cm³/mol.